The number of aromatic nitrogens is 3. The monoisotopic (exact) mass is 407 g/mol. The number of nitrogens with one attached hydrogen (secondary N) is 1. The van der Waals surface area contributed by atoms with E-state index in [-0.39, 0.29) is 36.9 Å². The van der Waals surface area contributed by atoms with Crippen molar-refractivity contribution in [1.29, 1.82) is 0 Å². The number of hydrogen-bond acceptors (Lipinski definition) is 8. The van der Waals surface area contributed by atoms with E-state index in [1.807, 2.05) is 55.5 Å². The number of hydrogen-bond donors (Lipinski definition) is 2. The largest absolute Gasteiger partial charge is 0.482 e. The smallest absolute Gasteiger partial charge is 0.344 e. The summed E-state index contributed by atoms with van der Waals surface area (Å²) in [6, 6.07) is 15.3. The topological polar surface area (TPSA) is 112 Å². The highest BCUT2D eigenvalue weighted by Gasteiger charge is 2.12. The predicted molar refractivity (Wildman–Crippen MR) is 115 cm³/mol. The summed E-state index contributed by atoms with van der Waals surface area (Å²) in [5.74, 6) is 0.984. The number of para-hydroxylation sites is 2. The molecule has 0 saturated carbocycles. The summed E-state index contributed by atoms with van der Waals surface area (Å²) in [4.78, 5) is 24.5. The molecule has 0 aliphatic rings. The van der Waals surface area contributed by atoms with E-state index in [2.05, 4.69) is 34.1 Å². The molecule has 156 valence electrons. The number of nitrogen functional groups attached to an aromatic ring is 1. The number of esters is 1. The van der Waals surface area contributed by atoms with Crippen molar-refractivity contribution in [2.45, 2.75) is 33.3 Å². The fraction of sp³-hybridized carbons (Fsp3) is 0.273. The van der Waals surface area contributed by atoms with Crippen LogP contribution < -0.4 is 15.8 Å². The van der Waals surface area contributed by atoms with Crippen molar-refractivity contribution >= 4 is 23.6 Å². The molecule has 0 unspecified atom stereocenters. The number of anilines is 3. The molecular weight excluding hydrogens is 382 g/mol. The average Bonchev–Trinajstić information content (AvgIpc) is 2.72. The second-order valence-corrected chi connectivity index (χ2v) is 7.02. The molecule has 2 aromatic carbocycles. The molecule has 30 heavy (non-hydrogen) atoms. The van der Waals surface area contributed by atoms with Crippen molar-refractivity contribution < 1.29 is 14.3 Å². The third-order valence-corrected chi connectivity index (χ3v) is 4.34. The third-order valence-electron chi connectivity index (χ3n) is 4.34. The van der Waals surface area contributed by atoms with Crippen LogP contribution in [0.3, 0.4) is 0 Å². The van der Waals surface area contributed by atoms with Gasteiger partial charge in [-0.2, -0.15) is 15.0 Å². The minimum atomic E-state index is -0.527. The van der Waals surface area contributed by atoms with Gasteiger partial charge in [-0.3, -0.25) is 0 Å². The summed E-state index contributed by atoms with van der Waals surface area (Å²) in [6.45, 7) is 5.75. The standard InChI is InChI=1S/C22H25N5O3/c1-14(2)16-9-5-7-11-18(16)29-13-20(28)30-12-19-25-21(23)27-22(26-19)24-17-10-6-4-8-15(17)3/h4-11,14H,12-13H2,1-3H3,(H3,23,24,25,26,27). The Balaban J connectivity index is 1.58. The number of rotatable bonds is 8. The Labute approximate surface area is 175 Å². The first-order chi connectivity index (χ1) is 14.4. The van der Waals surface area contributed by atoms with Crippen molar-refractivity contribution in [1.82, 2.24) is 15.0 Å². The quantitative estimate of drug-likeness (QED) is 0.543. The minimum absolute atomic E-state index is 0.0363. The van der Waals surface area contributed by atoms with Crippen LogP contribution in [0.1, 0.15) is 36.7 Å². The molecule has 8 heteroatoms. The lowest BCUT2D eigenvalue weighted by molar-refractivity contribution is -0.147. The molecular formula is C22H25N5O3. The Bertz CT molecular complexity index is 1020. The van der Waals surface area contributed by atoms with Crippen LogP contribution in [0.2, 0.25) is 0 Å². The summed E-state index contributed by atoms with van der Waals surface area (Å²) in [5, 5.41) is 3.10. The van der Waals surface area contributed by atoms with Crippen LogP contribution in [0.4, 0.5) is 17.6 Å². The lowest BCUT2D eigenvalue weighted by atomic mass is 10.0. The zero-order valence-corrected chi connectivity index (χ0v) is 17.3. The van der Waals surface area contributed by atoms with E-state index in [0.29, 0.717) is 5.75 Å². The molecule has 0 spiro atoms. The number of nitrogens with two attached hydrogens (primary N) is 1. The van der Waals surface area contributed by atoms with Gasteiger partial charge in [-0.15, -0.1) is 0 Å². The van der Waals surface area contributed by atoms with Crippen molar-refractivity contribution in [2.24, 2.45) is 0 Å². The van der Waals surface area contributed by atoms with Gasteiger partial charge in [-0.1, -0.05) is 50.2 Å². The van der Waals surface area contributed by atoms with Crippen molar-refractivity contribution in [3.8, 4) is 5.75 Å². The van der Waals surface area contributed by atoms with Crippen LogP contribution in [0.5, 0.6) is 5.75 Å². The van der Waals surface area contributed by atoms with E-state index in [1.54, 1.807) is 0 Å². The number of carbonyl (C=O) groups is 1. The Morgan fingerprint density at radius 3 is 2.57 bits per heavy atom. The van der Waals surface area contributed by atoms with E-state index in [9.17, 15) is 4.79 Å². The van der Waals surface area contributed by atoms with E-state index < -0.39 is 5.97 Å². The summed E-state index contributed by atoms with van der Waals surface area (Å²) in [5.41, 5.74) is 8.68. The van der Waals surface area contributed by atoms with Crippen molar-refractivity contribution in [3.63, 3.8) is 0 Å². The van der Waals surface area contributed by atoms with E-state index in [4.69, 9.17) is 15.2 Å². The van der Waals surface area contributed by atoms with Gasteiger partial charge in [0, 0.05) is 5.69 Å². The van der Waals surface area contributed by atoms with E-state index in [0.717, 1.165) is 16.8 Å². The van der Waals surface area contributed by atoms with E-state index in [1.165, 1.54) is 0 Å². The van der Waals surface area contributed by atoms with Crippen LogP contribution in [0.25, 0.3) is 0 Å². The van der Waals surface area contributed by atoms with Gasteiger partial charge in [0.05, 0.1) is 0 Å². The number of ether oxygens (including phenoxy) is 2. The van der Waals surface area contributed by atoms with Crippen LogP contribution in [-0.4, -0.2) is 27.5 Å². The lowest BCUT2D eigenvalue weighted by Crippen LogP contribution is -2.17. The van der Waals surface area contributed by atoms with Crippen LogP contribution in [0.15, 0.2) is 48.5 Å². The first kappa shape index (κ1) is 21.0. The van der Waals surface area contributed by atoms with Crippen LogP contribution >= 0.6 is 0 Å². The first-order valence-electron chi connectivity index (χ1n) is 9.63. The fourth-order valence-electron chi connectivity index (χ4n) is 2.80. The Morgan fingerprint density at radius 2 is 1.80 bits per heavy atom. The molecule has 3 rings (SSSR count). The predicted octanol–water partition coefficient (Wildman–Crippen LogP) is 3.75. The molecule has 1 aromatic heterocycles. The highest BCUT2D eigenvalue weighted by molar-refractivity contribution is 5.71. The maximum Gasteiger partial charge on any atom is 0.344 e. The summed E-state index contributed by atoms with van der Waals surface area (Å²) >= 11 is 0. The molecule has 0 aliphatic carbocycles. The molecule has 3 aromatic rings. The van der Waals surface area contributed by atoms with Gasteiger partial charge in [-0.05, 0) is 36.1 Å². The molecule has 0 atom stereocenters. The molecule has 0 saturated heterocycles. The third kappa shape index (κ3) is 5.66. The van der Waals surface area contributed by atoms with E-state index >= 15 is 0 Å². The summed E-state index contributed by atoms with van der Waals surface area (Å²) < 4.78 is 10.9. The molecule has 0 amide bonds. The van der Waals surface area contributed by atoms with Crippen molar-refractivity contribution in [2.75, 3.05) is 17.7 Å². The maximum atomic E-state index is 12.1. The normalized spacial score (nSPS) is 10.7. The molecule has 8 nitrogen and oxygen atoms in total. The molecule has 1 heterocycles. The van der Waals surface area contributed by atoms with Gasteiger partial charge in [0.2, 0.25) is 11.9 Å². The molecule has 0 radical (unpaired) electrons. The van der Waals surface area contributed by atoms with Gasteiger partial charge in [0.1, 0.15) is 5.75 Å². The minimum Gasteiger partial charge on any atom is -0.482 e. The molecule has 0 aliphatic heterocycles. The van der Waals surface area contributed by atoms with Gasteiger partial charge >= 0.3 is 5.97 Å². The Hall–Kier alpha value is -3.68. The fourth-order valence-corrected chi connectivity index (χ4v) is 2.80. The maximum absolute atomic E-state index is 12.1. The van der Waals surface area contributed by atoms with Gasteiger partial charge in [-0.25, -0.2) is 4.79 Å². The van der Waals surface area contributed by atoms with Crippen LogP contribution in [-0.2, 0) is 16.1 Å². The second kappa shape index (κ2) is 9.69. The number of carbonyl (C=O) groups excluding carboxylic acids is 1. The first-order valence-corrected chi connectivity index (χ1v) is 9.63. The van der Waals surface area contributed by atoms with Gasteiger partial charge in [0.25, 0.3) is 0 Å². The number of benzene rings is 2. The summed E-state index contributed by atoms with van der Waals surface area (Å²) in [6.07, 6.45) is 0. The Morgan fingerprint density at radius 1 is 1.07 bits per heavy atom. The zero-order valence-electron chi connectivity index (χ0n) is 17.3. The highest BCUT2D eigenvalue weighted by atomic mass is 16.6. The average molecular weight is 407 g/mol. The molecule has 3 N–H and O–H groups in total. The molecule has 0 fully saturated rings. The van der Waals surface area contributed by atoms with Crippen molar-refractivity contribution in [3.05, 3.63) is 65.5 Å². The number of aryl methyl sites for hydroxylation is 1. The second-order valence-electron chi connectivity index (χ2n) is 7.02. The van der Waals surface area contributed by atoms with Crippen LogP contribution in [0, 0.1) is 6.92 Å². The molecule has 0 bridgehead atoms. The zero-order chi connectivity index (χ0) is 21.5. The Kier molecular flexibility index (Phi) is 6.79. The van der Waals surface area contributed by atoms with Gasteiger partial charge in [0.15, 0.2) is 19.0 Å². The SMILES string of the molecule is Cc1ccccc1Nc1nc(N)nc(COC(=O)COc2ccccc2C(C)C)n1. The lowest BCUT2D eigenvalue weighted by Gasteiger charge is -2.13. The highest BCUT2D eigenvalue weighted by Crippen LogP contribution is 2.25. The summed E-state index contributed by atoms with van der Waals surface area (Å²) in [7, 11) is 0. The number of nitrogens with zero attached hydrogens (tertiary/aromatic N) is 3. The van der Waals surface area contributed by atoms with Gasteiger partial charge < -0.3 is 20.5 Å².